The van der Waals surface area contributed by atoms with Crippen molar-refractivity contribution >= 4 is 37.7 Å². The number of amidine groups is 1. The van der Waals surface area contributed by atoms with E-state index in [9.17, 15) is 22.0 Å². The van der Waals surface area contributed by atoms with Gasteiger partial charge in [0.15, 0.2) is 14.6 Å². The maximum Gasteiger partial charge on any atom is 0.435 e. The van der Waals surface area contributed by atoms with Crippen LogP contribution in [0.3, 0.4) is 0 Å². The first-order chi connectivity index (χ1) is 13.7. The number of pyridine rings is 1. The number of rotatable bonds is 3. The average Bonchev–Trinajstić information content (AvgIpc) is 3.40. The van der Waals surface area contributed by atoms with Crippen LogP contribution in [0.4, 0.5) is 13.6 Å². The molecule has 30 heavy (non-hydrogen) atoms. The summed E-state index contributed by atoms with van der Waals surface area (Å²) in [5.74, 6) is -2.33. The number of sulfone groups is 1. The average molecular weight is 508 g/mol. The van der Waals surface area contributed by atoms with Gasteiger partial charge in [0, 0.05) is 16.2 Å². The first kappa shape index (κ1) is 23.1. The van der Waals surface area contributed by atoms with Gasteiger partial charge in [-0.1, -0.05) is 0 Å². The van der Waals surface area contributed by atoms with Gasteiger partial charge in [0.1, 0.15) is 18.1 Å². The Balaban J connectivity index is 2.16. The highest BCUT2D eigenvalue weighted by molar-refractivity contribution is 9.10. The van der Waals surface area contributed by atoms with Gasteiger partial charge in [-0.05, 0) is 68.5 Å². The van der Waals surface area contributed by atoms with Crippen LogP contribution in [0.25, 0.3) is 0 Å². The van der Waals surface area contributed by atoms with E-state index in [1.807, 2.05) is 0 Å². The maximum absolute atomic E-state index is 14.5. The van der Waals surface area contributed by atoms with Gasteiger partial charge in [-0.2, -0.15) is 9.38 Å². The van der Waals surface area contributed by atoms with Crippen LogP contribution in [0.2, 0.25) is 0 Å². The van der Waals surface area contributed by atoms with Crippen molar-refractivity contribution in [3.05, 3.63) is 28.2 Å². The highest BCUT2D eigenvalue weighted by Crippen LogP contribution is 2.49. The molecule has 0 spiro atoms. The summed E-state index contributed by atoms with van der Waals surface area (Å²) in [5.41, 5.74) is -2.44. The lowest BCUT2D eigenvalue weighted by Gasteiger charge is -2.45. The van der Waals surface area contributed by atoms with E-state index in [0.29, 0.717) is 17.3 Å². The second-order valence-electron chi connectivity index (χ2n) is 8.95. The predicted molar refractivity (Wildman–Crippen MR) is 111 cm³/mol. The number of carbonyl (C=O) groups excluding carboxylic acids is 1. The Morgan fingerprint density at radius 1 is 1.43 bits per heavy atom. The Bertz CT molecular complexity index is 1010. The number of amides is 1. The van der Waals surface area contributed by atoms with Crippen molar-refractivity contribution in [3.63, 3.8) is 0 Å². The summed E-state index contributed by atoms with van der Waals surface area (Å²) in [6.45, 7) is 5.10. The Labute approximate surface area is 182 Å². The molecule has 1 aromatic rings. The Morgan fingerprint density at radius 3 is 2.60 bits per heavy atom. The van der Waals surface area contributed by atoms with Gasteiger partial charge in [-0.25, -0.2) is 22.6 Å². The lowest BCUT2D eigenvalue weighted by molar-refractivity contribution is 0.0602. The molecule has 3 rings (SSSR count). The van der Waals surface area contributed by atoms with Crippen molar-refractivity contribution in [2.45, 2.75) is 56.4 Å². The van der Waals surface area contributed by atoms with Crippen molar-refractivity contribution < 1.29 is 26.7 Å². The van der Waals surface area contributed by atoms with E-state index in [2.05, 4.69) is 31.2 Å². The molecule has 2 fully saturated rings. The summed E-state index contributed by atoms with van der Waals surface area (Å²) in [7, 11) is -4.18. The molecule has 2 heterocycles. The van der Waals surface area contributed by atoms with Gasteiger partial charge >= 0.3 is 6.09 Å². The molecule has 0 radical (unpaired) electrons. The minimum atomic E-state index is -4.18. The molecule has 1 saturated heterocycles. The lowest BCUT2D eigenvalue weighted by atomic mass is 9.92. The monoisotopic (exact) mass is 507 g/mol. The third kappa shape index (κ3) is 4.10. The Morgan fingerprint density at radius 2 is 2.07 bits per heavy atom. The Kier molecular flexibility index (Phi) is 5.77. The van der Waals surface area contributed by atoms with Gasteiger partial charge in [0.25, 0.3) is 0 Å². The molecular weight excluding hydrogens is 484 g/mol. The summed E-state index contributed by atoms with van der Waals surface area (Å²) in [6.07, 6.45) is 1.17. The second-order valence-corrected chi connectivity index (χ2v) is 12.1. The topological polar surface area (TPSA) is 97.7 Å². The fourth-order valence-corrected chi connectivity index (χ4v) is 6.64. The van der Waals surface area contributed by atoms with Gasteiger partial charge in [-0.15, -0.1) is 0 Å². The van der Waals surface area contributed by atoms with Crippen molar-refractivity contribution in [2.24, 2.45) is 10.9 Å². The lowest BCUT2D eigenvalue weighted by Crippen LogP contribution is -2.68. The first-order valence-corrected chi connectivity index (χ1v) is 11.9. The third-order valence-corrected chi connectivity index (χ3v) is 8.40. The van der Waals surface area contributed by atoms with Crippen LogP contribution in [-0.2, 0) is 20.1 Å². The van der Waals surface area contributed by atoms with E-state index >= 15 is 0 Å². The van der Waals surface area contributed by atoms with Crippen molar-refractivity contribution in [1.29, 1.82) is 0 Å². The fourth-order valence-electron chi connectivity index (χ4n) is 3.76. The van der Waals surface area contributed by atoms with Crippen molar-refractivity contribution in [3.8, 4) is 0 Å². The molecule has 1 aromatic heterocycles. The van der Waals surface area contributed by atoms with E-state index in [-0.39, 0.29) is 11.4 Å². The second kappa shape index (κ2) is 7.51. The molecule has 1 aliphatic carbocycles. The SMILES string of the molecule is CC(C)(C)OC(=O)/N=C1\N[C@](C)(c2cc(Br)cnc2F)CS(=O)(=O)[C@@]1(CF)C1CC1. The summed E-state index contributed by atoms with van der Waals surface area (Å²) in [6, 6.07) is 1.40. The molecule has 2 atom stereocenters. The summed E-state index contributed by atoms with van der Waals surface area (Å²) >= 11 is 3.20. The van der Waals surface area contributed by atoms with Crippen LogP contribution in [0.1, 0.15) is 46.1 Å². The minimum absolute atomic E-state index is 0.0411. The molecule has 166 valence electrons. The molecule has 1 aliphatic heterocycles. The molecular formula is C19H24BrF2N3O4S. The van der Waals surface area contributed by atoms with Crippen LogP contribution in [0.15, 0.2) is 21.7 Å². The molecule has 1 saturated carbocycles. The van der Waals surface area contributed by atoms with Crippen LogP contribution in [0.5, 0.6) is 0 Å². The molecule has 11 heteroatoms. The van der Waals surface area contributed by atoms with Crippen molar-refractivity contribution in [1.82, 2.24) is 10.3 Å². The maximum atomic E-state index is 14.5. The zero-order chi connectivity index (χ0) is 22.5. The van der Waals surface area contributed by atoms with E-state index < -0.39 is 56.1 Å². The summed E-state index contributed by atoms with van der Waals surface area (Å²) < 4.78 is 59.4. The molecule has 1 N–H and O–H groups in total. The van der Waals surface area contributed by atoms with Crippen LogP contribution >= 0.6 is 15.9 Å². The molecule has 2 aliphatic rings. The quantitative estimate of drug-likeness (QED) is 0.626. The molecule has 0 unspecified atom stereocenters. The molecule has 0 aromatic carbocycles. The first-order valence-electron chi connectivity index (χ1n) is 9.44. The fraction of sp³-hybridized carbons (Fsp3) is 0.632. The van der Waals surface area contributed by atoms with Gasteiger partial charge < -0.3 is 10.1 Å². The summed E-state index contributed by atoms with van der Waals surface area (Å²) in [4.78, 5) is 19.9. The van der Waals surface area contributed by atoms with Gasteiger partial charge in [0.05, 0.1) is 11.3 Å². The zero-order valence-electron chi connectivity index (χ0n) is 17.1. The number of halogens is 3. The van der Waals surface area contributed by atoms with Crippen molar-refractivity contribution in [2.75, 3.05) is 12.4 Å². The highest BCUT2D eigenvalue weighted by atomic mass is 79.9. The predicted octanol–water partition coefficient (Wildman–Crippen LogP) is 3.67. The van der Waals surface area contributed by atoms with Crippen LogP contribution in [-0.4, -0.2) is 48.1 Å². The van der Waals surface area contributed by atoms with E-state index in [1.165, 1.54) is 19.2 Å². The number of ether oxygens (including phenoxy) is 1. The van der Waals surface area contributed by atoms with Crippen LogP contribution in [0, 0.1) is 11.9 Å². The van der Waals surface area contributed by atoms with Gasteiger partial charge in [-0.3, -0.25) is 0 Å². The molecule has 7 nitrogen and oxygen atoms in total. The molecule has 1 amide bonds. The number of aliphatic imine (C=N–C) groups is 1. The number of carbonyl (C=O) groups is 1. The number of hydrogen-bond donors (Lipinski definition) is 1. The third-order valence-electron chi connectivity index (χ3n) is 5.26. The highest BCUT2D eigenvalue weighted by Gasteiger charge is 2.64. The number of alkyl halides is 1. The number of hydrogen-bond acceptors (Lipinski definition) is 5. The summed E-state index contributed by atoms with van der Waals surface area (Å²) in [5, 5.41) is 2.88. The minimum Gasteiger partial charge on any atom is -0.442 e. The number of nitrogens with one attached hydrogen (secondary N) is 1. The van der Waals surface area contributed by atoms with E-state index in [4.69, 9.17) is 4.74 Å². The van der Waals surface area contributed by atoms with E-state index in [0.717, 1.165) is 0 Å². The molecule has 0 bridgehead atoms. The number of nitrogens with zero attached hydrogens (tertiary/aromatic N) is 2. The van der Waals surface area contributed by atoms with E-state index in [1.54, 1.807) is 20.8 Å². The number of aromatic nitrogens is 1. The smallest absolute Gasteiger partial charge is 0.435 e. The van der Waals surface area contributed by atoms with Crippen LogP contribution < -0.4 is 5.32 Å². The largest absolute Gasteiger partial charge is 0.442 e. The normalized spacial score (nSPS) is 30.0. The Hall–Kier alpha value is -1.62. The zero-order valence-corrected chi connectivity index (χ0v) is 19.5. The standard InChI is InChI=1S/C19H24BrF2N3O4S/c1-17(2,3)29-16(26)24-15-19(9-21,11-5-6-11)30(27,28)10-18(4,25-15)13-7-12(20)8-23-14(13)22/h7-8,11H,5-6,9-10H2,1-4H3,(H,24,25,26)/t18-,19-/m0/s1. The van der Waals surface area contributed by atoms with Gasteiger partial charge in [0.2, 0.25) is 5.95 Å².